The van der Waals surface area contributed by atoms with E-state index in [-0.39, 0.29) is 17.4 Å². The standard InChI is InChI=1S/C16H18F2N2O2/c1-11(2)9-15(21)19-5-7-20(8-6-19)16(22)12-3-4-13(17)14(18)10-12/h3-4,9-10H,5-8H2,1-2H3. The lowest BCUT2D eigenvalue weighted by molar-refractivity contribution is -0.127. The first kappa shape index (κ1) is 16.1. The van der Waals surface area contributed by atoms with Gasteiger partial charge < -0.3 is 9.80 Å². The quantitative estimate of drug-likeness (QED) is 0.786. The summed E-state index contributed by atoms with van der Waals surface area (Å²) >= 11 is 0. The van der Waals surface area contributed by atoms with Crippen molar-refractivity contribution < 1.29 is 18.4 Å². The molecule has 2 rings (SSSR count). The van der Waals surface area contributed by atoms with Crippen molar-refractivity contribution in [3.05, 3.63) is 47.0 Å². The zero-order valence-electron chi connectivity index (χ0n) is 12.6. The molecule has 1 heterocycles. The number of hydrogen-bond acceptors (Lipinski definition) is 2. The van der Waals surface area contributed by atoms with Crippen LogP contribution in [0, 0.1) is 11.6 Å². The van der Waals surface area contributed by atoms with Gasteiger partial charge in [-0.05, 0) is 32.0 Å². The second-order valence-corrected chi connectivity index (χ2v) is 5.47. The van der Waals surface area contributed by atoms with Crippen molar-refractivity contribution in [1.82, 2.24) is 9.80 Å². The summed E-state index contributed by atoms with van der Waals surface area (Å²) in [7, 11) is 0. The average molecular weight is 308 g/mol. The summed E-state index contributed by atoms with van der Waals surface area (Å²) in [5.41, 5.74) is 1.04. The van der Waals surface area contributed by atoms with Crippen LogP contribution in [0.15, 0.2) is 29.8 Å². The third-order valence-electron chi connectivity index (χ3n) is 3.46. The minimum Gasteiger partial charge on any atom is -0.336 e. The van der Waals surface area contributed by atoms with Gasteiger partial charge in [-0.3, -0.25) is 9.59 Å². The minimum absolute atomic E-state index is 0.0695. The summed E-state index contributed by atoms with van der Waals surface area (Å²) in [5, 5.41) is 0. The van der Waals surface area contributed by atoms with Gasteiger partial charge in [0.2, 0.25) is 5.91 Å². The number of carbonyl (C=O) groups is 2. The predicted octanol–water partition coefficient (Wildman–Crippen LogP) is 2.22. The van der Waals surface area contributed by atoms with Crippen LogP contribution < -0.4 is 0 Å². The molecule has 0 bridgehead atoms. The van der Waals surface area contributed by atoms with Gasteiger partial charge in [0.15, 0.2) is 11.6 Å². The Hall–Kier alpha value is -2.24. The number of carbonyl (C=O) groups excluding carboxylic acids is 2. The van der Waals surface area contributed by atoms with E-state index < -0.39 is 11.6 Å². The largest absolute Gasteiger partial charge is 0.336 e. The van der Waals surface area contributed by atoms with E-state index in [9.17, 15) is 18.4 Å². The molecule has 1 aliphatic rings. The van der Waals surface area contributed by atoms with Crippen LogP contribution in [-0.4, -0.2) is 47.8 Å². The summed E-state index contributed by atoms with van der Waals surface area (Å²) < 4.78 is 26.1. The third-order valence-corrected chi connectivity index (χ3v) is 3.46. The van der Waals surface area contributed by atoms with Gasteiger partial charge in [0.05, 0.1) is 0 Å². The number of rotatable bonds is 2. The summed E-state index contributed by atoms with van der Waals surface area (Å²) in [4.78, 5) is 27.3. The molecule has 1 aromatic rings. The smallest absolute Gasteiger partial charge is 0.254 e. The van der Waals surface area contributed by atoms with E-state index in [1.165, 1.54) is 6.07 Å². The summed E-state index contributed by atoms with van der Waals surface area (Å²) in [6, 6.07) is 3.11. The molecule has 0 N–H and O–H groups in total. The van der Waals surface area contributed by atoms with Gasteiger partial charge in [0.1, 0.15) is 0 Å². The van der Waals surface area contributed by atoms with Gasteiger partial charge in [-0.25, -0.2) is 8.78 Å². The zero-order valence-corrected chi connectivity index (χ0v) is 12.6. The van der Waals surface area contributed by atoms with E-state index in [0.29, 0.717) is 26.2 Å². The van der Waals surface area contributed by atoms with E-state index in [0.717, 1.165) is 17.7 Å². The topological polar surface area (TPSA) is 40.6 Å². The van der Waals surface area contributed by atoms with Crippen LogP contribution in [-0.2, 0) is 4.79 Å². The third kappa shape index (κ3) is 3.69. The molecule has 22 heavy (non-hydrogen) atoms. The highest BCUT2D eigenvalue weighted by Crippen LogP contribution is 2.13. The first-order chi connectivity index (χ1) is 10.4. The lowest BCUT2D eigenvalue weighted by Gasteiger charge is -2.34. The number of piperazine rings is 1. The number of amides is 2. The Kier molecular flexibility index (Phi) is 4.90. The maximum absolute atomic E-state index is 13.2. The second kappa shape index (κ2) is 6.68. The van der Waals surface area contributed by atoms with E-state index in [4.69, 9.17) is 0 Å². The normalized spacial score (nSPS) is 14.7. The van der Waals surface area contributed by atoms with E-state index in [1.54, 1.807) is 15.9 Å². The van der Waals surface area contributed by atoms with Gasteiger partial charge in [-0.15, -0.1) is 0 Å². The molecule has 1 fully saturated rings. The number of halogens is 2. The highest BCUT2D eigenvalue weighted by atomic mass is 19.2. The molecule has 1 aliphatic heterocycles. The molecule has 1 saturated heterocycles. The van der Waals surface area contributed by atoms with Crippen molar-refractivity contribution in [2.75, 3.05) is 26.2 Å². The average Bonchev–Trinajstić information content (AvgIpc) is 2.49. The van der Waals surface area contributed by atoms with Crippen molar-refractivity contribution in [2.24, 2.45) is 0 Å². The molecule has 0 atom stereocenters. The number of benzene rings is 1. The van der Waals surface area contributed by atoms with Crippen LogP contribution in [0.5, 0.6) is 0 Å². The molecule has 0 spiro atoms. The summed E-state index contributed by atoms with van der Waals surface area (Å²) in [6.45, 7) is 5.30. The van der Waals surface area contributed by atoms with E-state index in [2.05, 4.69) is 0 Å². The number of allylic oxidation sites excluding steroid dienone is 1. The van der Waals surface area contributed by atoms with Crippen LogP contribution >= 0.6 is 0 Å². The fourth-order valence-electron chi connectivity index (χ4n) is 2.28. The molecule has 4 nitrogen and oxygen atoms in total. The van der Waals surface area contributed by atoms with Crippen molar-refractivity contribution >= 4 is 11.8 Å². The monoisotopic (exact) mass is 308 g/mol. The molecule has 2 amide bonds. The SMILES string of the molecule is CC(C)=CC(=O)N1CCN(C(=O)c2ccc(F)c(F)c2)CC1. The number of hydrogen-bond donors (Lipinski definition) is 0. The lowest BCUT2D eigenvalue weighted by atomic mass is 10.1. The maximum Gasteiger partial charge on any atom is 0.254 e. The van der Waals surface area contributed by atoms with E-state index in [1.807, 2.05) is 13.8 Å². The first-order valence-electron chi connectivity index (χ1n) is 7.06. The van der Waals surface area contributed by atoms with Crippen LogP contribution in [0.1, 0.15) is 24.2 Å². The second-order valence-electron chi connectivity index (χ2n) is 5.47. The van der Waals surface area contributed by atoms with Gasteiger partial charge in [0, 0.05) is 37.8 Å². The molecule has 1 aromatic carbocycles. The molecule has 6 heteroatoms. The Labute approximate surface area is 128 Å². The van der Waals surface area contributed by atoms with Gasteiger partial charge >= 0.3 is 0 Å². The molecule has 0 aromatic heterocycles. The predicted molar refractivity (Wildman–Crippen MR) is 78.3 cm³/mol. The Morgan fingerprint density at radius 1 is 1.00 bits per heavy atom. The minimum atomic E-state index is -1.04. The molecular weight excluding hydrogens is 290 g/mol. The Morgan fingerprint density at radius 3 is 2.14 bits per heavy atom. The van der Waals surface area contributed by atoms with Crippen molar-refractivity contribution in [3.63, 3.8) is 0 Å². The highest BCUT2D eigenvalue weighted by molar-refractivity contribution is 5.94. The molecule has 118 valence electrons. The van der Waals surface area contributed by atoms with Crippen LogP contribution in [0.25, 0.3) is 0 Å². The Morgan fingerprint density at radius 2 is 1.59 bits per heavy atom. The summed E-state index contributed by atoms with van der Waals surface area (Å²) in [5.74, 6) is -2.44. The van der Waals surface area contributed by atoms with Crippen LogP contribution in [0.2, 0.25) is 0 Å². The van der Waals surface area contributed by atoms with E-state index >= 15 is 0 Å². The molecule has 0 unspecified atom stereocenters. The molecular formula is C16H18F2N2O2. The molecule has 0 aliphatic carbocycles. The first-order valence-corrected chi connectivity index (χ1v) is 7.06. The van der Waals surface area contributed by atoms with Crippen LogP contribution in [0.3, 0.4) is 0 Å². The summed E-state index contributed by atoms with van der Waals surface area (Å²) in [6.07, 6.45) is 1.56. The Balaban J connectivity index is 1.99. The zero-order chi connectivity index (χ0) is 16.3. The Bertz CT molecular complexity index is 617. The molecule has 0 radical (unpaired) electrons. The lowest BCUT2D eigenvalue weighted by Crippen LogP contribution is -2.50. The van der Waals surface area contributed by atoms with Gasteiger partial charge in [-0.2, -0.15) is 0 Å². The maximum atomic E-state index is 13.2. The fourth-order valence-corrected chi connectivity index (χ4v) is 2.28. The molecule has 0 saturated carbocycles. The number of nitrogens with zero attached hydrogens (tertiary/aromatic N) is 2. The van der Waals surface area contributed by atoms with Crippen molar-refractivity contribution in [1.29, 1.82) is 0 Å². The van der Waals surface area contributed by atoms with Crippen LogP contribution in [0.4, 0.5) is 8.78 Å². The van der Waals surface area contributed by atoms with Crippen molar-refractivity contribution in [2.45, 2.75) is 13.8 Å². The van der Waals surface area contributed by atoms with Gasteiger partial charge in [-0.1, -0.05) is 5.57 Å². The fraction of sp³-hybridized carbons (Fsp3) is 0.375. The van der Waals surface area contributed by atoms with Crippen molar-refractivity contribution in [3.8, 4) is 0 Å². The van der Waals surface area contributed by atoms with Gasteiger partial charge in [0.25, 0.3) is 5.91 Å². The highest BCUT2D eigenvalue weighted by Gasteiger charge is 2.24.